The summed E-state index contributed by atoms with van der Waals surface area (Å²) >= 11 is 0. The molecule has 8 heteroatoms. The van der Waals surface area contributed by atoms with Crippen molar-refractivity contribution >= 4 is 29.1 Å². The van der Waals surface area contributed by atoms with Crippen LogP contribution in [-0.4, -0.2) is 34.1 Å². The second-order valence-electron chi connectivity index (χ2n) is 4.94. The average Bonchev–Trinajstić information content (AvgIpc) is 2.78. The van der Waals surface area contributed by atoms with Crippen LogP contribution >= 0.6 is 0 Å². The molecule has 1 heterocycles. The molecule has 1 N–H and O–H groups in total. The molecular formula is C14H15N3O5. The summed E-state index contributed by atoms with van der Waals surface area (Å²) in [5, 5.41) is 13.4. The number of nitrogens with one attached hydrogen (secondary N) is 1. The zero-order chi connectivity index (χ0) is 16.3. The third-order valence-electron chi connectivity index (χ3n) is 3.49. The maximum atomic E-state index is 11.9. The van der Waals surface area contributed by atoms with Crippen molar-refractivity contribution in [2.45, 2.75) is 26.2 Å². The molecule has 0 aromatic heterocycles. The number of imide groups is 1. The lowest BCUT2D eigenvalue weighted by molar-refractivity contribution is -0.385. The molecule has 0 atom stereocenters. The molecular weight excluding hydrogens is 290 g/mol. The van der Waals surface area contributed by atoms with E-state index in [4.69, 9.17) is 0 Å². The molecule has 2 rings (SSSR count). The SMILES string of the molecule is Cc1c(NC(=O)CCN2C(=O)CCC2=O)cccc1[N+](=O)[O-]. The maximum absolute atomic E-state index is 11.9. The lowest BCUT2D eigenvalue weighted by atomic mass is 10.1. The van der Waals surface area contributed by atoms with Gasteiger partial charge in [0.25, 0.3) is 5.69 Å². The summed E-state index contributed by atoms with van der Waals surface area (Å²) in [6.45, 7) is 1.57. The van der Waals surface area contributed by atoms with Crippen molar-refractivity contribution in [1.82, 2.24) is 4.90 Å². The van der Waals surface area contributed by atoms with Gasteiger partial charge >= 0.3 is 0 Å². The molecule has 0 saturated carbocycles. The largest absolute Gasteiger partial charge is 0.326 e. The normalized spacial score (nSPS) is 14.3. The van der Waals surface area contributed by atoms with Crippen LogP contribution in [0.2, 0.25) is 0 Å². The number of nitrogens with zero attached hydrogens (tertiary/aromatic N) is 2. The first kappa shape index (κ1) is 15.6. The molecule has 22 heavy (non-hydrogen) atoms. The van der Waals surface area contributed by atoms with E-state index in [0.29, 0.717) is 11.3 Å². The van der Waals surface area contributed by atoms with Crippen molar-refractivity contribution in [3.63, 3.8) is 0 Å². The highest BCUT2D eigenvalue weighted by Crippen LogP contribution is 2.25. The van der Waals surface area contributed by atoms with Gasteiger partial charge in [-0.1, -0.05) is 6.07 Å². The Kier molecular flexibility index (Phi) is 4.50. The van der Waals surface area contributed by atoms with Gasteiger partial charge < -0.3 is 5.32 Å². The number of benzene rings is 1. The first-order valence-corrected chi connectivity index (χ1v) is 6.77. The molecule has 0 radical (unpaired) electrons. The van der Waals surface area contributed by atoms with Crippen LogP contribution in [0.15, 0.2) is 18.2 Å². The van der Waals surface area contributed by atoms with E-state index in [1.807, 2.05) is 0 Å². The predicted molar refractivity (Wildman–Crippen MR) is 77.0 cm³/mol. The van der Waals surface area contributed by atoms with Gasteiger partial charge in [-0.15, -0.1) is 0 Å². The molecule has 1 aromatic carbocycles. The monoisotopic (exact) mass is 305 g/mol. The van der Waals surface area contributed by atoms with Gasteiger partial charge in [0, 0.05) is 31.9 Å². The number of likely N-dealkylation sites (tertiary alicyclic amines) is 1. The van der Waals surface area contributed by atoms with Gasteiger partial charge in [-0.2, -0.15) is 0 Å². The van der Waals surface area contributed by atoms with Crippen molar-refractivity contribution < 1.29 is 19.3 Å². The Balaban J connectivity index is 1.98. The maximum Gasteiger partial charge on any atom is 0.274 e. The Morgan fingerprint density at radius 2 is 1.95 bits per heavy atom. The highest BCUT2D eigenvalue weighted by molar-refractivity contribution is 6.02. The number of rotatable bonds is 5. The zero-order valence-corrected chi connectivity index (χ0v) is 12.0. The van der Waals surface area contributed by atoms with Crippen molar-refractivity contribution in [3.8, 4) is 0 Å². The first-order chi connectivity index (χ1) is 10.4. The lowest BCUT2D eigenvalue weighted by Gasteiger charge is -2.14. The Morgan fingerprint density at radius 3 is 2.55 bits per heavy atom. The molecule has 0 spiro atoms. The van der Waals surface area contributed by atoms with Crippen molar-refractivity contribution in [2.75, 3.05) is 11.9 Å². The minimum atomic E-state index is -0.521. The summed E-state index contributed by atoms with van der Waals surface area (Å²) in [5.41, 5.74) is 0.621. The fraction of sp³-hybridized carbons (Fsp3) is 0.357. The quantitative estimate of drug-likeness (QED) is 0.502. The highest BCUT2D eigenvalue weighted by atomic mass is 16.6. The van der Waals surface area contributed by atoms with Crippen LogP contribution in [0.1, 0.15) is 24.8 Å². The summed E-state index contributed by atoms with van der Waals surface area (Å²) in [6, 6.07) is 4.40. The smallest absolute Gasteiger partial charge is 0.274 e. The third-order valence-corrected chi connectivity index (χ3v) is 3.49. The number of hydrogen-bond donors (Lipinski definition) is 1. The second kappa shape index (κ2) is 6.33. The Hall–Kier alpha value is -2.77. The van der Waals surface area contributed by atoms with E-state index >= 15 is 0 Å². The minimum Gasteiger partial charge on any atom is -0.326 e. The van der Waals surface area contributed by atoms with Gasteiger partial charge in [-0.3, -0.25) is 29.4 Å². The number of amides is 3. The molecule has 116 valence electrons. The van der Waals surface area contributed by atoms with E-state index in [0.717, 1.165) is 4.90 Å². The van der Waals surface area contributed by atoms with Crippen LogP contribution in [0.25, 0.3) is 0 Å². The van der Waals surface area contributed by atoms with Crippen molar-refractivity contribution in [2.24, 2.45) is 0 Å². The number of anilines is 1. The van der Waals surface area contributed by atoms with Crippen molar-refractivity contribution in [1.29, 1.82) is 0 Å². The Morgan fingerprint density at radius 1 is 1.32 bits per heavy atom. The highest BCUT2D eigenvalue weighted by Gasteiger charge is 2.28. The molecule has 1 aromatic rings. The van der Waals surface area contributed by atoms with E-state index in [1.54, 1.807) is 13.0 Å². The molecule has 1 aliphatic heterocycles. The van der Waals surface area contributed by atoms with E-state index in [9.17, 15) is 24.5 Å². The fourth-order valence-corrected chi connectivity index (χ4v) is 2.25. The van der Waals surface area contributed by atoms with E-state index in [2.05, 4.69) is 5.32 Å². The Bertz CT molecular complexity index is 640. The average molecular weight is 305 g/mol. The van der Waals surface area contributed by atoms with Gasteiger partial charge in [0.2, 0.25) is 17.7 Å². The number of carbonyl (C=O) groups excluding carboxylic acids is 3. The molecule has 1 aliphatic rings. The number of nitro benzene ring substituents is 1. The van der Waals surface area contributed by atoms with E-state index < -0.39 is 10.8 Å². The summed E-state index contributed by atoms with van der Waals surface area (Å²) in [5.74, 6) is -0.954. The predicted octanol–water partition coefficient (Wildman–Crippen LogP) is 1.38. The number of hydrogen-bond acceptors (Lipinski definition) is 5. The molecule has 0 unspecified atom stereocenters. The molecule has 0 aliphatic carbocycles. The van der Waals surface area contributed by atoms with Crippen LogP contribution < -0.4 is 5.32 Å². The minimum absolute atomic E-state index is 0.0253. The Labute approximate surface area is 126 Å². The van der Waals surface area contributed by atoms with Crippen LogP contribution in [0.4, 0.5) is 11.4 Å². The standard InChI is InChI=1S/C14H15N3O5/c1-9-10(3-2-4-11(9)17(21)22)15-12(18)7-8-16-13(19)5-6-14(16)20/h2-4H,5-8H2,1H3,(H,15,18). The van der Waals surface area contributed by atoms with Gasteiger partial charge in [0.05, 0.1) is 16.2 Å². The molecule has 1 saturated heterocycles. The van der Waals surface area contributed by atoms with E-state index in [-0.39, 0.29) is 43.3 Å². The topological polar surface area (TPSA) is 110 Å². The molecule has 8 nitrogen and oxygen atoms in total. The van der Waals surface area contributed by atoms with Crippen LogP contribution in [-0.2, 0) is 14.4 Å². The summed E-state index contributed by atoms with van der Waals surface area (Å²) in [6.07, 6.45) is 0.328. The third kappa shape index (κ3) is 3.27. The second-order valence-corrected chi connectivity index (χ2v) is 4.94. The molecule has 0 bridgehead atoms. The van der Waals surface area contributed by atoms with Gasteiger partial charge in [-0.25, -0.2) is 0 Å². The molecule has 3 amide bonds. The van der Waals surface area contributed by atoms with Crippen molar-refractivity contribution in [3.05, 3.63) is 33.9 Å². The van der Waals surface area contributed by atoms with Crippen LogP contribution in [0.5, 0.6) is 0 Å². The first-order valence-electron chi connectivity index (χ1n) is 6.77. The summed E-state index contributed by atoms with van der Waals surface area (Å²) < 4.78 is 0. The number of nitro groups is 1. The van der Waals surface area contributed by atoms with E-state index in [1.165, 1.54) is 12.1 Å². The summed E-state index contributed by atoms with van der Waals surface area (Å²) in [7, 11) is 0. The lowest BCUT2D eigenvalue weighted by Crippen LogP contribution is -2.32. The fourth-order valence-electron chi connectivity index (χ4n) is 2.25. The summed E-state index contributed by atoms with van der Waals surface area (Å²) in [4.78, 5) is 46.1. The van der Waals surface area contributed by atoms with Gasteiger partial charge in [0.15, 0.2) is 0 Å². The zero-order valence-electron chi connectivity index (χ0n) is 12.0. The molecule has 1 fully saturated rings. The van der Waals surface area contributed by atoms with Crippen LogP contribution in [0, 0.1) is 17.0 Å². The van der Waals surface area contributed by atoms with Gasteiger partial charge in [-0.05, 0) is 13.0 Å². The number of carbonyl (C=O) groups is 3. The van der Waals surface area contributed by atoms with Crippen LogP contribution in [0.3, 0.4) is 0 Å². The van der Waals surface area contributed by atoms with Gasteiger partial charge in [0.1, 0.15) is 0 Å².